The molecule has 3 atom stereocenters. The van der Waals surface area contributed by atoms with Gasteiger partial charge in [-0.2, -0.15) is 31.6 Å². The number of fused-ring (bicyclic) bond motifs is 2. The van der Waals surface area contributed by atoms with Crippen molar-refractivity contribution in [3.05, 3.63) is 65.1 Å². The topological polar surface area (TPSA) is 99.7 Å². The molecule has 0 radical (unpaired) electrons. The normalized spacial score (nSPS) is 21.0. The molecule has 198 valence electrons. The van der Waals surface area contributed by atoms with E-state index in [2.05, 4.69) is 20.6 Å². The summed E-state index contributed by atoms with van der Waals surface area (Å²) in [4.78, 5) is 17.9. The van der Waals surface area contributed by atoms with Gasteiger partial charge in [-0.15, -0.1) is 5.10 Å². The second kappa shape index (κ2) is 9.30. The number of carbonyl (C=O) groups excluding carboxylic acids is 1. The number of amides is 1. The summed E-state index contributed by atoms with van der Waals surface area (Å²) in [5.74, 6) is -1.71. The summed E-state index contributed by atoms with van der Waals surface area (Å²) in [7, 11) is 0. The van der Waals surface area contributed by atoms with Gasteiger partial charge in [-0.1, -0.05) is 23.4 Å². The van der Waals surface area contributed by atoms with E-state index in [1.807, 2.05) is 18.2 Å². The second-order valence-corrected chi connectivity index (χ2v) is 9.15. The number of nitrogens with zero attached hydrogens (tertiary/aromatic N) is 6. The summed E-state index contributed by atoms with van der Waals surface area (Å²) in [6, 6.07) is 8.64. The van der Waals surface area contributed by atoms with Gasteiger partial charge in [-0.3, -0.25) is 4.79 Å². The number of halogens is 6. The zero-order valence-electron chi connectivity index (χ0n) is 19.5. The zero-order valence-corrected chi connectivity index (χ0v) is 19.5. The molecule has 1 aliphatic heterocycles. The molecular weight excluding hydrogens is 516 g/mol. The lowest BCUT2D eigenvalue weighted by molar-refractivity contribution is -0.145. The maximum absolute atomic E-state index is 13.7. The van der Waals surface area contributed by atoms with Crippen LogP contribution in [0.3, 0.4) is 0 Å². The molecular formula is C24H19F6N7O. The van der Waals surface area contributed by atoms with E-state index < -0.39 is 53.0 Å². The van der Waals surface area contributed by atoms with Crippen LogP contribution in [0.5, 0.6) is 0 Å². The SMILES string of the molecule is N#Cc1c(C(F)(F)F)cc(C(F)(F)F)nc1N1[C@@H]2CC[C@@H](C2)[C@H]1C(=O)NCc1cn(-c2ccccc2)nn1. The van der Waals surface area contributed by atoms with Crippen LogP contribution in [0.1, 0.15) is 41.8 Å². The van der Waals surface area contributed by atoms with E-state index in [4.69, 9.17) is 0 Å². The van der Waals surface area contributed by atoms with Gasteiger partial charge in [0.1, 0.15) is 34.9 Å². The third kappa shape index (κ3) is 4.64. The van der Waals surface area contributed by atoms with Crippen LogP contribution in [0.25, 0.3) is 5.69 Å². The Balaban J connectivity index is 1.45. The van der Waals surface area contributed by atoms with Crippen LogP contribution in [-0.4, -0.2) is 38.0 Å². The molecule has 1 amide bonds. The largest absolute Gasteiger partial charge is 0.433 e. The summed E-state index contributed by atoms with van der Waals surface area (Å²) in [6.45, 7) is -0.0671. The maximum Gasteiger partial charge on any atom is 0.433 e. The molecule has 8 nitrogen and oxygen atoms in total. The molecule has 3 heterocycles. The molecule has 2 aliphatic rings. The Morgan fingerprint density at radius 3 is 2.50 bits per heavy atom. The number of nitriles is 1. The van der Waals surface area contributed by atoms with Gasteiger partial charge in [0.2, 0.25) is 5.91 Å². The van der Waals surface area contributed by atoms with E-state index in [0.717, 1.165) is 10.6 Å². The first-order valence-corrected chi connectivity index (χ1v) is 11.6. The summed E-state index contributed by atoms with van der Waals surface area (Å²) in [5.41, 5.74) is -3.43. The standard InChI is InChI=1S/C24H19F6N7O/c25-23(26,27)18-9-19(24(28,29)30)33-21(17(18)10-31)37-16-7-6-13(8-16)20(37)22(38)32-11-14-12-36(35-34-14)15-4-2-1-3-5-15/h1-5,9,12-13,16,20H,6-8,11H2,(H,32,38)/t13-,16+,20-/m0/s1. The van der Waals surface area contributed by atoms with Crippen molar-refractivity contribution in [1.82, 2.24) is 25.3 Å². The zero-order chi connectivity index (χ0) is 27.2. The first-order chi connectivity index (χ1) is 18.0. The molecule has 0 unspecified atom stereocenters. The van der Waals surface area contributed by atoms with Gasteiger partial charge >= 0.3 is 12.4 Å². The number of pyridine rings is 1. The predicted molar refractivity (Wildman–Crippen MR) is 120 cm³/mol. The minimum atomic E-state index is -5.23. The van der Waals surface area contributed by atoms with Crippen molar-refractivity contribution < 1.29 is 31.1 Å². The number of benzene rings is 1. The highest BCUT2D eigenvalue weighted by Crippen LogP contribution is 2.47. The molecule has 0 spiro atoms. The second-order valence-electron chi connectivity index (χ2n) is 9.15. The fraction of sp³-hybridized carbons (Fsp3) is 0.375. The van der Waals surface area contributed by atoms with Crippen molar-refractivity contribution in [2.24, 2.45) is 5.92 Å². The third-order valence-corrected chi connectivity index (χ3v) is 6.81. The first kappa shape index (κ1) is 25.5. The maximum atomic E-state index is 13.7. The average Bonchev–Trinajstić information content (AvgIpc) is 3.62. The Hall–Kier alpha value is -4.15. The summed E-state index contributed by atoms with van der Waals surface area (Å²) >= 11 is 0. The Kier molecular flexibility index (Phi) is 6.24. The number of rotatable bonds is 5. The fourth-order valence-electron chi connectivity index (χ4n) is 5.20. The van der Waals surface area contributed by atoms with E-state index in [1.165, 1.54) is 10.8 Å². The molecule has 3 aromatic rings. The van der Waals surface area contributed by atoms with E-state index in [-0.39, 0.29) is 18.5 Å². The molecule has 5 rings (SSSR count). The molecule has 1 aromatic carbocycles. The van der Waals surface area contributed by atoms with Crippen molar-refractivity contribution in [2.45, 2.75) is 50.2 Å². The van der Waals surface area contributed by atoms with Crippen molar-refractivity contribution in [1.29, 1.82) is 5.26 Å². The van der Waals surface area contributed by atoms with Crippen LogP contribution in [0.4, 0.5) is 32.2 Å². The number of carbonyl (C=O) groups is 1. The van der Waals surface area contributed by atoms with Crippen LogP contribution < -0.4 is 10.2 Å². The molecule has 2 aromatic heterocycles. The molecule has 14 heteroatoms. The fourth-order valence-corrected chi connectivity index (χ4v) is 5.20. The molecule has 2 bridgehead atoms. The molecule has 2 fully saturated rings. The molecule has 1 N–H and O–H groups in total. The van der Waals surface area contributed by atoms with Crippen LogP contribution in [-0.2, 0) is 23.7 Å². The summed E-state index contributed by atoms with van der Waals surface area (Å²) < 4.78 is 83.1. The number of alkyl halides is 6. The number of piperidine rings is 1. The Labute approximate surface area is 211 Å². The van der Waals surface area contributed by atoms with E-state index >= 15 is 0 Å². The Bertz CT molecular complexity index is 1400. The van der Waals surface area contributed by atoms with Crippen LogP contribution >= 0.6 is 0 Å². The van der Waals surface area contributed by atoms with Crippen molar-refractivity contribution in [2.75, 3.05) is 4.90 Å². The number of aromatic nitrogens is 4. The first-order valence-electron chi connectivity index (χ1n) is 11.6. The van der Waals surface area contributed by atoms with Gasteiger partial charge in [0.15, 0.2) is 0 Å². The number of hydrogen-bond donors (Lipinski definition) is 1. The van der Waals surface area contributed by atoms with Crippen molar-refractivity contribution in [3.8, 4) is 11.8 Å². The molecule has 38 heavy (non-hydrogen) atoms. The van der Waals surface area contributed by atoms with Crippen LogP contribution in [0, 0.1) is 17.2 Å². The van der Waals surface area contributed by atoms with Gasteiger partial charge in [0.05, 0.1) is 24.0 Å². The molecule has 1 saturated heterocycles. The minimum absolute atomic E-state index is 0.0671. The summed E-state index contributed by atoms with van der Waals surface area (Å²) in [6.07, 6.45) is -7.44. The number of hydrogen-bond acceptors (Lipinski definition) is 6. The van der Waals surface area contributed by atoms with E-state index in [0.29, 0.717) is 25.0 Å². The number of anilines is 1. The lowest BCUT2D eigenvalue weighted by Crippen LogP contribution is -2.51. The number of para-hydroxylation sites is 1. The van der Waals surface area contributed by atoms with Crippen molar-refractivity contribution in [3.63, 3.8) is 0 Å². The average molecular weight is 535 g/mol. The summed E-state index contributed by atoms with van der Waals surface area (Å²) in [5, 5.41) is 20.2. The molecule has 1 aliphatic carbocycles. The van der Waals surface area contributed by atoms with E-state index in [9.17, 15) is 36.4 Å². The highest BCUT2D eigenvalue weighted by atomic mass is 19.4. The van der Waals surface area contributed by atoms with Crippen molar-refractivity contribution >= 4 is 11.7 Å². The van der Waals surface area contributed by atoms with E-state index in [1.54, 1.807) is 18.3 Å². The molecule has 1 saturated carbocycles. The van der Waals surface area contributed by atoms with Crippen LogP contribution in [0.15, 0.2) is 42.6 Å². The van der Waals surface area contributed by atoms with Gasteiger partial charge < -0.3 is 10.2 Å². The van der Waals surface area contributed by atoms with Gasteiger partial charge in [-0.05, 0) is 43.4 Å². The highest BCUT2D eigenvalue weighted by molar-refractivity contribution is 5.87. The Morgan fingerprint density at radius 1 is 1.11 bits per heavy atom. The Morgan fingerprint density at radius 2 is 1.84 bits per heavy atom. The van der Waals surface area contributed by atoms with Gasteiger partial charge in [-0.25, -0.2) is 9.67 Å². The monoisotopic (exact) mass is 535 g/mol. The predicted octanol–water partition coefficient (Wildman–Crippen LogP) is 4.25. The highest BCUT2D eigenvalue weighted by Gasteiger charge is 2.52. The minimum Gasteiger partial charge on any atom is -0.349 e. The van der Waals surface area contributed by atoms with Gasteiger partial charge in [0.25, 0.3) is 0 Å². The lowest BCUT2D eigenvalue weighted by atomic mass is 9.96. The smallest absolute Gasteiger partial charge is 0.349 e. The third-order valence-electron chi connectivity index (χ3n) is 6.81. The number of nitrogens with one attached hydrogen (secondary N) is 1. The lowest BCUT2D eigenvalue weighted by Gasteiger charge is -2.36. The van der Waals surface area contributed by atoms with Gasteiger partial charge in [0, 0.05) is 6.04 Å². The van der Waals surface area contributed by atoms with Crippen LogP contribution in [0.2, 0.25) is 0 Å². The quantitative estimate of drug-likeness (QED) is 0.491.